The van der Waals surface area contributed by atoms with Crippen LogP contribution in [0.5, 0.6) is 0 Å². The predicted molar refractivity (Wildman–Crippen MR) is 75.5 cm³/mol. The van der Waals surface area contributed by atoms with Crippen molar-refractivity contribution in [3.05, 3.63) is 17.5 Å². The number of nitriles is 1. The van der Waals surface area contributed by atoms with E-state index < -0.39 is 5.41 Å². The highest BCUT2D eigenvalue weighted by Crippen LogP contribution is 2.34. The highest BCUT2D eigenvalue weighted by Gasteiger charge is 2.38. The summed E-state index contributed by atoms with van der Waals surface area (Å²) < 4.78 is 1.78. The number of carbonyl (C=O) groups excluding carboxylic acids is 1. The Morgan fingerprint density at radius 2 is 2.10 bits per heavy atom. The van der Waals surface area contributed by atoms with Gasteiger partial charge in [-0.3, -0.25) is 9.48 Å². The minimum atomic E-state index is -0.827. The van der Waals surface area contributed by atoms with Crippen LogP contribution in [0.15, 0.2) is 6.20 Å². The van der Waals surface area contributed by atoms with Gasteiger partial charge in [0.1, 0.15) is 5.41 Å². The van der Waals surface area contributed by atoms with Crippen molar-refractivity contribution in [2.24, 2.45) is 12.5 Å². The van der Waals surface area contributed by atoms with E-state index in [9.17, 15) is 10.1 Å². The Hall–Kier alpha value is -1.83. The fourth-order valence-electron chi connectivity index (χ4n) is 2.78. The molecule has 1 N–H and O–H groups in total. The Morgan fingerprint density at radius 3 is 2.60 bits per heavy atom. The van der Waals surface area contributed by atoms with E-state index in [1.54, 1.807) is 10.9 Å². The summed E-state index contributed by atoms with van der Waals surface area (Å²) >= 11 is 0. The monoisotopic (exact) mass is 274 g/mol. The van der Waals surface area contributed by atoms with Gasteiger partial charge in [0.25, 0.3) is 0 Å². The number of amides is 1. The third kappa shape index (κ3) is 2.84. The van der Waals surface area contributed by atoms with E-state index in [-0.39, 0.29) is 5.91 Å². The molecule has 1 aromatic rings. The van der Waals surface area contributed by atoms with Gasteiger partial charge < -0.3 is 5.32 Å². The number of aromatic nitrogens is 2. The average Bonchev–Trinajstić information content (AvgIpc) is 2.69. The lowest BCUT2D eigenvalue weighted by Gasteiger charge is -2.23. The molecule has 2 rings (SSSR count). The Labute approximate surface area is 120 Å². The molecule has 0 saturated heterocycles. The smallest absolute Gasteiger partial charge is 0.240 e. The van der Waals surface area contributed by atoms with Crippen LogP contribution in [0, 0.1) is 23.7 Å². The number of nitrogens with one attached hydrogen (secondary N) is 1. The largest absolute Gasteiger partial charge is 0.351 e. The summed E-state index contributed by atoms with van der Waals surface area (Å²) in [4.78, 5) is 12.4. The molecule has 1 fully saturated rings. The molecule has 20 heavy (non-hydrogen) atoms. The van der Waals surface area contributed by atoms with Crippen LogP contribution < -0.4 is 5.32 Å². The molecule has 1 saturated carbocycles. The number of nitrogens with zero attached hydrogens (tertiary/aromatic N) is 3. The Balaban J connectivity index is 2.03. The summed E-state index contributed by atoms with van der Waals surface area (Å²) in [6, 6.07) is 2.28. The van der Waals surface area contributed by atoms with Gasteiger partial charge in [-0.15, -0.1) is 0 Å². The van der Waals surface area contributed by atoms with Crippen molar-refractivity contribution in [3.63, 3.8) is 0 Å². The Morgan fingerprint density at radius 1 is 1.45 bits per heavy atom. The van der Waals surface area contributed by atoms with Crippen molar-refractivity contribution in [2.75, 3.05) is 0 Å². The second kappa shape index (κ2) is 6.08. The lowest BCUT2D eigenvalue weighted by atomic mass is 9.81. The maximum absolute atomic E-state index is 12.4. The molecular formula is C15H22N4O. The lowest BCUT2D eigenvalue weighted by Crippen LogP contribution is -2.39. The Kier molecular flexibility index (Phi) is 4.43. The van der Waals surface area contributed by atoms with E-state index in [2.05, 4.69) is 16.5 Å². The van der Waals surface area contributed by atoms with Crippen LogP contribution >= 0.6 is 0 Å². The van der Waals surface area contributed by atoms with E-state index in [1.165, 1.54) is 0 Å². The molecule has 1 aromatic heterocycles. The maximum Gasteiger partial charge on any atom is 0.240 e. The van der Waals surface area contributed by atoms with Crippen molar-refractivity contribution in [2.45, 2.75) is 52.0 Å². The second-order valence-corrected chi connectivity index (χ2v) is 5.67. The number of aryl methyl sites for hydroxylation is 1. The lowest BCUT2D eigenvalue weighted by molar-refractivity contribution is -0.129. The van der Waals surface area contributed by atoms with Crippen molar-refractivity contribution in [3.8, 4) is 6.07 Å². The average molecular weight is 274 g/mol. The molecule has 1 aliphatic rings. The van der Waals surface area contributed by atoms with Crippen LogP contribution in [0.4, 0.5) is 0 Å². The summed E-state index contributed by atoms with van der Waals surface area (Å²) in [5, 5.41) is 16.6. The number of carbonyl (C=O) groups is 1. The number of rotatable bonds is 3. The topological polar surface area (TPSA) is 70.7 Å². The quantitative estimate of drug-likeness (QED) is 0.859. The van der Waals surface area contributed by atoms with Gasteiger partial charge in [-0.05, 0) is 19.8 Å². The molecule has 0 aromatic carbocycles. The van der Waals surface area contributed by atoms with Gasteiger partial charge in [-0.2, -0.15) is 10.4 Å². The highest BCUT2D eigenvalue weighted by molar-refractivity contribution is 5.85. The summed E-state index contributed by atoms with van der Waals surface area (Å²) in [5.41, 5.74) is 1.21. The fourth-order valence-corrected chi connectivity index (χ4v) is 2.78. The standard InChI is InChI=1S/C15H22N4O/c1-12-13(10-18-19(12)2)9-17-14(20)15(11-16)7-5-3-4-6-8-15/h10H,3-9H2,1-2H3,(H,17,20). The van der Waals surface area contributed by atoms with E-state index in [1.807, 2.05) is 14.0 Å². The van der Waals surface area contributed by atoms with E-state index in [0.717, 1.165) is 36.9 Å². The number of hydrogen-bond donors (Lipinski definition) is 1. The first-order chi connectivity index (χ1) is 9.59. The van der Waals surface area contributed by atoms with Crippen LogP contribution in [-0.4, -0.2) is 15.7 Å². The summed E-state index contributed by atoms with van der Waals surface area (Å²) in [7, 11) is 1.88. The second-order valence-electron chi connectivity index (χ2n) is 5.67. The van der Waals surface area contributed by atoms with Gasteiger partial charge in [0.15, 0.2) is 0 Å². The normalized spacial score (nSPS) is 18.1. The first kappa shape index (κ1) is 14.6. The predicted octanol–water partition coefficient (Wildman–Crippen LogP) is 2.21. The summed E-state index contributed by atoms with van der Waals surface area (Å²) in [6.07, 6.45) is 7.31. The summed E-state index contributed by atoms with van der Waals surface area (Å²) in [5.74, 6) is -0.120. The van der Waals surface area contributed by atoms with Gasteiger partial charge in [0.05, 0.1) is 12.3 Å². The fraction of sp³-hybridized carbons (Fsp3) is 0.667. The first-order valence-electron chi connectivity index (χ1n) is 7.26. The third-order valence-corrected chi connectivity index (χ3v) is 4.38. The molecule has 0 spiro atoms. The molecule has 0 bridgehead atoms. The molecular weight excluding hydrogens is 252 g/mol. The maximum atomic E-state index is 12.4. The molecule has 108 valence electrons. The van der Waals surface area contributed by atoms with Gasteiger partial charge in [0.2, 0.25) is 5.91 Å². The third-order valence-electron chi connectivity index (χ3n) is 4.38. The SMILES string of the molecule is Cc1c(CNC(=O)C2(C#N)CCCCCC2)cnn1C. The molecule has 5 heteroatoms. The minimum Gasteiger partial charge on any atom is -0.351 e. The Bertz CT molecular complexity index is 518. The van der Waals surface area contributed by atoms with Crippen LogP contribution in [0.25, 0.3) is 0 Å². The van der Waals surface area contributed by atoms with E-state index in [0.29, 0.717) is 19.4 Å². The van der Waals surface area contributed by atoms with Gasteiger partial charge >= 0.3 is 0 Å². The molecule has 1 heterocycles. The van der Waals surface area contributed by atoms with Crippen LogP contribution in [0.2, 0.25) is 0 Å². The highest BCUT2D eigenvalue weighted by atomic mass is 16.2. The van der Waals surface area contributed by atoms with Crippen molar-refractivity contribution < 1.29 is 4.79 Å². The molecule has 0 radical (unpaired) electrons. The molecule has 0 unspecified atom stereocenters. The van der Waals surface area contributed by atoms with Gasteiger partial charge in [0, 0.05) is 24.8 Å². The molecule has 1 amide bonds. The minimum absolute atomic E-state index is 0.120. The van der Waals surface area contributed by atoms with Crippen LogP contribution in [0.1, 0.15) is 49.8 Å². The van der Waals surface area contributed by atoms with Gasteiger partial charge in [-0.25, -0.2) is 0 Å². The van der Waals surface area contributed by atoms with Crippen molar-refractivity contribution >= 4 is 5.91 Å². The summed E-state index contributed by atoms with van der Waals surface area (Å²) in [6.45, 7) is 2.42. The van der Waals surface area contributed by atoms with Crippen molar-refractivity contribution in [1.29, 1.82) is 5.26 Å². The van der Waals surface area contributed by atoms with E-state index >= 15 is 0 Å². The molecule has 0 aliphatic heterocycles. The molecule has 1 aliphatic carbocycles. The van der Waals surface area contributed by atoms with Crippen molar-refractivity contribution in [1.82, 2.24) is 15.1 Å². The van der Waals surface area contributed by atoms with Crippen LogP contribution in [-0.2, 0) is 18.4 Å². The first-order valence-corrected chi connectivity index (χ1v) is 7.26. The van der Waals surface area contributed by atoms with Crippen LogP contribution in [0.3, 0.4) is 0 Å². The van der Waals surface area contributed by atoms with E-state index in [4.69, 9.17) is 0 Å². The zero-order valence-corrected chi connectivity index (χ0v) is 12.3. The number of hydrogen-bond acceptors (Lipinski definition) is 3. The zero-order chi connectivity index (χ0) is 14.6. The zero-order valence-electron chi connectivity index (χ0n) is 12.3. The molecule has 0 atom stereocenters. The van der Waals surface area contributed by atoms with Gasteiger partial charge in [-0.1, -0.05) is 25.7 Å². The molecule has 5 nitrogen and oxygen atoms in total.